The molecule has 0 saturated carbocycles. The van der Waals surface area contributed by atoms with Gasteiger partial charge in [0.15, 0.2) is 11.5 Å². The van der Waals surface area contributed by atoms with Gasteiger partial charge < -0.3 is 19.8 Å². The minimum atomic E-state index is 0.679. The Hall–Kier alpha value is -4.32. The average Bonchev–Trinajstić information content (AvgIpc) is 3.68. The van der Waals surface area contributed by atoms with E-state index in [-0.39, 0.29) is 0 Å². The van der Waals surface area contributed by atoms with Gasteiger partial charge in [0, 0.05) is 41.4 Å². The van der Waals surface area contributed by atoms with Crippen LogP contribution >= 0.6 is 0 Å². The van der Waals surface area contributed by atoms with Gasteiger partial charge in [0.05, 0.1) is 13.1 Å². The Labute approximate surface area is 204 Å². The van der Waals surface area contributed by atoms with Crippen molar-refractivity contribution < 1.29 is 9.15 Å². The molecule has 174 valence electrons. The van der Waals surface area contributed by atoms with E-state index in [0.717, 1.165) is 71.6 Å². The van der Waals surface area contributed by atoms with E-state index in [4.69, 9.17) is 9.15 Å². The summed E-state index contributed by atoms with van der Waals surface area (Å²) in [5.74, 6) is 4.78. The zero-order valence-electron chi connectivity index (χ0n) is 19.5. The van der Waals surface area contributed by atoms with Crippen molar-refractivity contribution in [3.05, 3.63) is 95.6 Å². The zero-order chi connectivity index (χ0) is 23.6. The minimum absolute atomic E-state index is 0.679. The lowest BCUT2D eigenvalue weighted by Crippen LogP contribution is -2.19. The Morgan fingerprint density at radius 1 is 0.686 bits per heavy atom. The predicted molar refractivity (Wildman–Crippen MR) is 140 cm³/mol. The number of hydrogen-bond acceptors (Lipinski definition) is 6. The van der Waals surface area contributed by atoms with Gasteiger partial charge >= 0.3 is 0 Å². The lowest BCUT2D eigenvalue weighted by Gasteiger charge is -2.07. The Kier molecular flexibility index (Phi) is 5.54. The van der Waals surface area contributed by atoms with Gasteiger partial charge in [-0.3, -0.25) is 9.98 Å². The van der Waals surface area contributed by atoms with Gasteiger partial charge in [0.25, 0.3) is 0 Å². The van der Waals surface area contributed by atoms with Crippen LogP contribution in [0.15, 0.2) is 93.3 Å². The van der Waals surface area contributed by atoms with E-state index >= 15 is 0 Å². The van der Waals surface area contributed by atoms with Crippen LogP contribution in [0.5, 0.6) is 11.5 Å². The molecule has 6 heteroatoms. The van der Waals surface area contributed by atoms with Crippen LogP contribution in [0.25, 0.3) is 22.6 Å². The SMILES string of the molecule is Cc1ccc(Oc2cc(-c3ccc(C4=NCCN4)cc3)oc2-c2ccc(C3=NCCN3)cc2)cc1. The van der Waals surface area contributed by atoms with Crippen molar-refractivity contribution in [1.29, 1.82) is 0 Å². The molecule has 0 spiro atoms. The Bertz CT molecular complexity index is 1400. The van der Waals surface area contributed by atoms with Gasteiger partial charge in [-0.1, -0.05) is 66.2 Å². The number of nitrogens with zero attached hydrogens (tertiary/aromatic N) is 2. The second kappa shape index (κ2) is 9.14. The van der Waals surface area contributed by atoms with E-state index < -0.39 is 0 Å². The van der Waals surface area contributed by atoms with Crippen LogP contribution in [0.1, 0.15) is 16.7 Å². The lowest BCUT2D eigenvalue weighted by atomic mass is 10.1. The van der Waals surface area contributed by atoms with Gasteiger partial charge in [0.1, 0.15) is 23.2 Å². The average molecular weight is 463 g/mol. The molecule has 4 aromatic rings. The molecule has 3 heterocycles. The number of aliphatic imine (C=N–C) groups is 2. The Morgan fingerprint density at radius 2 is 1.23 bits per heavy atom. The van der Waals surface area contributed by atoms with E-state index in [0.29, 0.717) is 11.5 Å². The number of benzene rings is 3. The summed E-state index contributed by atoms with van der Waals surface area (Å²) in [6, 6.07) is 26.5. The summed E-state index contributed by atoms with van der Waals surface area (Å²) < 4.78 is 12.7. The van der Waals surface area contributed by atoms with Crippen LogP contribution in [0.4, 0.5) is 0 Å². The molecule has 0 radical (unpaired) electrons. The third-order valence-electron chi connectivity index (χ3n) is 6.16. The summed E-state index contributed by atoms with van der Waals surface area (Å²) in [6.07, 6.45) is 0. The molecule has 0 unspecified atom stereocenters. The largest absolute Gasteiger partial charge is 0.453 e. The van der Waals surface area contributed by atoms with Gasteiger partial charge in [-0.25, -0.2) is 0 Å². The van der Waals surface area contributed by atoms with Gasteiger partial charge in [0.2, 0.25) is 0 Å². The molecule has 2 aliphatic heterocycles. The molecule has 0 aliphatic carbocycles. The molecule has 0 bridgehead atoms. The third kappa shape index (κ3) is 4.43. The highest BCUT2D eigenvalue weighted by Gasteiger charge is 2.18. The standard InChI is InChI=1S/C29H26N4O2/c1-19-2-12-24(13-3-19)34-26-18-25(20-4-8-22(9-5-20)28-30-14-15-31-28)35-27(26)21-6-10-23(11-7-21)29-32-16-17-33-29/h2-13,18H,14-17H2,1H3,(H,30,31)(H,32,33). The topological polar surface area (TPSA) is 71.1 Å². The number of amidine groups is 2. The van der Waals surface area contributed by atoms with E-state index in [9.17, 15) is 0 Å². The molecule has 2 N–H and O–H groups in total. The molecule has 1 aromatic heterocycles. The predicted octanol–water partition coefficient (Wildman–Crippen LogP) is 5.41. The van der Waals surface area contributed by atoms with Crippen LogP contribution < -0.4 is 15.4 Å². The summed E-state index contributed by atoms with van der Waals surface area (Å²) in [6.45, 7) is 5.47. The first-order valence-corrected chi connectivity index (χ1v) is 11.9. The fourth-order valence-electron chi connectivity index (χ4n) is 4.28. The normalized spacial score (nSPS) is 14.8. The van der Waals surface area contributed by atoms with Crippen molar-refractivity contribution in [2.75, 3.05) is 26.2 Å². The first kappa shape index (κ1) is 21.2. The maximum atomic E-state index is 6.40. The van der Waals surface area contributed by atoms with Crippen molar-refractivity contribution in [2.24, 2.45) is 9.98 Å². The molecule has 3 aromatic carbocycles. The van der Waals surface area contributed by atoms with Crippen LogP contribution in [-0.4, -0.2) is 37.9 Å². The summed E-state index contributed by atoms with van der Waals surface area (Å²) in [5, 5.41) is 6.64. The fraction of sp³-hybridized carbons (Fsp3) is 0.172. The van der Waals surface area contributed by atoms with Crippen molar-refractivity contribution >= 4 is 11.7 Å². The number of aryl methyl sites for hydroxylation is 1. The first-order valence-electron chi connectivity index (χ1n) is 11.9. The number of hydrogen-bond donors (Lipinski definition) is 2. The molecule has 0 amide bonds. The Balaban J connectivity index is 1.35. The number of furan rings is 1. The molecule has 0 fully saturated rings. The smallest absolute Gasteiger partial charge is 0.177 e. The molecular formula is C29H26N4O2. The summed E-state index contributed by atoms with van der Waals surface area (Å²) >= 11 is 0. The number of rotatable bonds is 6. The van der Waals surface area contributed by atoms with E-state index in [2.05, 4.69) is 76.1 Å². The van der Waals surface area contributed by atoms with Crippen LogP contribution in [0.3, 0.4) is 0 Å². The van der Waals surface area contributed by atoms with Gasteiger partial charge in [-0.05, 0) is 19.1 Å². The Morgan fingerprint density at radius 3 is 1.77 bits per heavy atom. The summed E-state index contributed by atoms with van der Waals surface area (Å²) in [4.78, 5) is 9.02. The van der Waals surface area contributed by atoms with E-state index in [1.807, 2.05) is 30.3 Å². The molecule has 35 heavy (non-hydrogen) atoms. The molecule has 0 atom stereocenters. The van der Waals surface area contributed by atoms with E-state index in [1.165, 1.54) is 5.56 Å². The molecule has 2 aliphatic rings. The highest BCUT2D eigenvalue weighted by atomic mass is 16.5. The monoisotopic (exact) mass is 462 g/mol. The van der Waals surface area contributed by atoms with Crippen LogP contribution in [0, 0.1) is 6.92 Å². The molecule has 6 rings (SSSR count). The van der Waals surface area contributed by atoms with Crippen LogP contribution in [-0.2, 0) is 0 Å². The summed E-state index contributed by atoms with van der Waals surface area (Å²) in [5.41, 5.74) is 5.26. The van der Waals surface area contributed by atoms with Crippen molar-refractivity contribution in [3.8, 4) is 34.1 Å². The minimum Gasteiger partial charge on any atom is -0.453 e. The van der Waals surface area contributed by atoms with Crippen LogP contribution in [0.2, 0.25) is 0 Å². The summed E-state index contributed by atoms with van der Waals surface area (Å²) in [7, 11) is 0. The zero-order valence-corrected chi connectivity index (χ0v) is 19.5. The first-order chi connectivity index (χ1) is 17.2. The highest BCUT2D eigenvalue weighted by molar-refractivity contribution is 6.00. The van der Waals surface area contributed by atoms with Crippen molar-refractivity contribution in [1.82, 2.24) is 10.6 Å². The third-order valence-corrected chi connectivity index (χ3v) is 6.16. The van der Waals surface area contributed by atoms with Gasteiger partial charge in [-0.2, -0.15) is 0 Å². The molecular weight excluding hydrogens is 436 g/mol. The number of ether oxygens (including phenoxy) is 1. The second-order valence-electron chi connectivity index (χ2n) is 8.69. The lowest BCUT2D eigenvalue weighted by molar-refractivity contribution is 0.473. The van der Waals surface area contributed by atoms with E-state index in [1.54, 1.807) is 0 Å². The van der Waals surface area contributed by atoms with Gasteiger partial charge in [-0.15, -0.1) is 0 Å². The maximum absolute atomic E-state index is 6.40. The maximum Gasteiger partial charge on any atom is 0.177 e. The molecule has 6 nitrogen and oxygen atoms in total. The number of nitrogens with one attached hydrogen (secondary N) is 2. The second-order valence-corrected chi connectivity index (χ2v) is 8.69. The van der Waals surface area contributed by atoms with Crippen molar-refractivity contribution in [2.45, 2.75) is 6.92 Å². The highest BCUT2D eigenvalue weighted by Crippen LogP contribution is 2.40. The van der Waals surface area contributed by atoms with Crippen molar-refractivity contribution in [3.63, 3.8) is 0 Å². The fourth-order valence-corrected chi connectivity index (χ4v) is 4.28. The molecule has 0 saturated heterocycles. The quantitative estimate of drug-likeness (QED) is 0.402.